The highest BCUT2D eigenvalue weighted by molar-refractivity contribution is 9.10. The molecule has 0 radical (unpaired) electrons. The number of carbonyl (C=O) groups is 3. The summed E-state index contributed by atoms with van der Waals surface area (Å²) in [7, 11) is 1.56. The van der Waals surface area contributed by atoms with E-state index in [9.17, 15) is 9.59 Å². The molecule has 0 aliphatic carbocycles. The summed E-state index contributed by atoms with van der Waals surface area (Å²) in [5, 5.41) is 3.06. The van der Waals surface area contributed by atoms with Crippen LogP contribution in [0.3, 0.4) is 0 Å². The van der Waals surface area contributed by atoms with Crippen LogP contribution >= 0.6 is 15.9 Å². The minimum atomic E-state index is -1.40. The number of methoxy groups -OCH3 is 1. The number of rotatable bonds is 5. The lowest BCUT2D eigenvalue weighted by Gasteiger charge is -2.37. The van der Waals surface area contributed by atoms with Gasteiger partial charge in [-0.15, -0.1) is 0 Å². The molecule has 0 unspecified atom stereocenters. The van der Waals surface area contributed by atoms with Crippen LogP contribution in [0, 0.1) is 5.92 Å². The number of nitrogens with zero attached hydrogens (tertiary/aromatic N) is 1. The Morgan fingerprint density at radius 3 is 2.52 bits per heavy atom. The molecule has 0 saturated carbocycles. The standard InChI is InChI=1S/C35H25BrN2O6/c1-42-26-13-10-20(16-23(26)36)33(40)31-30(32(39)21-11-14-27-28(17-21)44-18-43-27)35(22-7-3-4-8-24(22)37-34(35)41)29-15-12-19-6-2-5-9-25(19)38(29)31/h2-17,29-31H,18H2,1H3,(H,37,41)/t29-,30+,31-,35+/m0/s1. The molecular formula is C35H25BrN2O6. The fraction of sp³-hybridized carbons (Fsp3) is 0.171. The summed E-state index contributed by atoms with van der Waals surface area (Å²) in [6, 6.07) is 23.7. The van der Waals surface area contributed by atoms with Crippen molar-refractivity contribution in [3.63, 3.8) is 0 Å². The van der Waals surface area contributed by atoms with Gasteiger partial charge in [0.2, 0.25) is 12.7 Å². The lowest BCUT2D eigenvalue weighted by molar-refractivity contribution is -0.121. The number of halogens is 1. The van der Waals surface area contributed by atoms with E-state index in [0.29, 0.717) is 44.1 Å². The topological polar surface area (TPSA) is 94.2 Å². The second-order valence-corrected chi connectivity index (χ2v) is 12.1. The molecule has 4 aromatic rings. The maximum Gasteiger partial charge on any atom is 0.238 e. The molecule has 4 aromatic carbocycles. The van der Waals surface area contributed by atoms with Crippen LogP contribution in [-0.2, 0) is 10.2 Å². The Kier molecular flexibility index (Phi) is 5.96. The number of anilines is 2. The van der Waals surface area contributed by atoms with E-state index >= 15 is 4.79 Å². The smallest absolute Gasteiger partial charge is 0.238 e. The van der Waals surface area contributed by atoms with Crippen molar-refractivity contribution in [3.8, 4) is 17.2 Å². The quantitative estimate of drug-likeness (QED) is 0.264. The highest BCUT2D eigenvalue weighted by Gasteiger charge is 2.70. The number of nitrogens with one attached hydrogen (secondary N) is 1. The average molecular weight is 649 g/mol. The number of para-hydroxylation sites is 2. The van der Waals surface area contributed by atoms with Gasteiger partial charge in [0, 0.05) is 22.5 Å². The van der Waals surface area contributed by atoms with Crippen LogP contribution in [0.5, 0.6) is 17.2 Å². The van der Waals surface area contributed by atoms with Gasteiger partial charge in [-0.05, 0) is 75.6 Å². The molecule has 1 spiro atoms. The summed E-state index contributed by atoms with van der Waals surface area (Å²) in [5.74, 6) is -0.465. The summed E-state index contributed by atoms with van der Waals surface area (Å²) in [4.78, 5) is 46.4. The molecule has 4 aliphatic heterocycles. The van der Waals surface area contributed by atoms with E-state index in [-0.39, 0.29) is 24.3 Å². The Labute approximate surface area is 261 Å². The fourth-order valence-corrected chi connectivity index (χ4v) is 7.88. The van der Waals surface area contributed by atoms with Gasteiger partial charge in [0.05, 0.1) is 23.5 Å². The number of carbonyl (C=O) groups excluding carboxylic acids is 3. The maximum atomic E-state index is 15.0. The van der Waals surface area contributed by atoms with E-state index in [1.807, 2.05) is 65.6 Å². The summed E-state index contributed by atoms with van der Waals surface area (Å²) in [6.45, 7) is 0.0566. The van der Waals surface area contributed by atoms with Crippen LogP contribution in [0.2, 0.25) is 0 Å². The zero-order chi connectivity index (χ0) is 30.2. The molecule has 1 amide bonds. The third-order valence-corrected chi connectivity index (χ3v) is 9.81. The molecule has 1 N–H and O–H groups in total. The van der Waals surface area contributed by atoms with Crippen LogP contribution in [0.25, 0.3) is 6.08 Å². The maximum absolute atomic E-state index is 15.0. The third kappa shape index (κ3) is 3.59. The van der Waals surface area contributed by atoms with Crippen LogP contribution in [0.15, 0.2) is 95.5 Å². The Bertz CT molecular complexity index is 1940. The number of amides is 1. The number of hydrogen-bond donors (Lipinski definition) is 1. The molecule has 0 aromatic heterocycles. The third-order valence-electron chi connectivity index (χ3n) is 9.19. The van der Waals surface area contributed by atoms with Crippen LogP contribution in [0.4, 0.5) is 11.4 Å². The number of benzene rings is 4. The van der Waals surface area contributed by atoms with Gasteiger partial charge in [0.25, 0.3) is 0 Å². The summed E-state index contributed by atoms with van der Waals surface area (Å²) < 4.78 is 17.1. The zero-order valence-electron chi connectivity index (χ0n) is 23.5. The minimum Gasteiger partial charge on any atom is -0.496 e. The van der Waals surface area contributed by atoms with Gasteiger partial charge >= 0.3 is 0 Å². The lowest BCUT2D eigenvalue weighted by Crippen LogP contribution is -2.51. The van der Waals surface area contributed by atoms with Crippen LogP contribution < -0.4 is 24.4 Å². The van der Waals surface area contributed by atoms with Crippen molar-refractivity contribution >= 4 is 50.9 Å². The van der Waals surface area contributed by atoms with Gasteiger partial charge in [-0.1, -0.05) is 48.6 Å². The highest BCUT2D eigenvalue weighted by Crippen LogP contribution is 2.58. The van der Waals surface area contributed by atoms with E-state index in [1.165, 1.54) is 0 Å². The van der Waals surface area contributed by atoms with E-state index < -0.39 is 23.4 Å². The minimum absolute atomic E-state index is 0.0566. The Hall–Kier alpha value is -4.89. The lowest BCUT2D eigenvalue weighted by atomic mass is 9.64. The van der Waals surface area contributed by atoms with E-state index in [1.54, 1.807) is 43.5 Å². The molecule has 8 rings (SSSR count). The normalized spacial score (nSPS) is 23.6. The van der Waals surface area contributed by atoms with E-state index in [2.05, 4.69) is 21.2 Å². The molecule has 44 heavy (non-hydrogen) atoms. The number of hydrogen-bond acceptors (Lipinski definition) is 7. The van der Waals surface area contributed by atoms with Crippen molar-refractivity contribution < 1.29 is 28.6 Å². The molecular weight excluding hydrogens is 624 g/mol. The predicted octanol–water partition coefficient (Wildman–Crippen LogP) is 6.04. The molecule has 1 saturated heterocycles. The second-order valence-electron chi connectivity index (χ2n) is 11.2. The van der Waals surface area contributed by atoms with Crippen LogP contribution in [-0.4, -0.2) is 43.5 Å². The van der Waals surface area contributed by atoms with Gasteiger partial charge in [-0.2, -0.15) is 0 Å². The molecule has 4 aliphatic rings. The van der Waals surface area contributed by atoms with Crippen LogP contribution in [0.1, 0.15) is 31.8 Å². The van der Waals surface area contributed by atoms with E-state index in [0.717, 1.165) is 11.3 Å². The average Bonchev–Trinajstić information content (AvgIpc) is 3.73. The zero-order valence-corrected chi connectivity index (χ0v) is 25.0. The number of fused-ring (bicyclic) bond motifs is 7. The Balaban J connectivity index is 1.40. The van der Waals surface area contributed by atoms with Gasteiger partial charge in [0.1, 0.15) is 17.2 Å². The first-order valence-corrected chi connectivity index (χ1v) is 15.0. The van der Waals surface area contributed by atoms with Crippen molar-refractivity contribution in [1.29, 1.82) is 0 Å². The fourth-order valence-electron chi connectivity index (χ4n) is 7.34. The Morgan fingerprint density at radius 1 is 0.932 bits per heavy atom. The first-order chi connectivity index (χ1) is 21.4. The van der Waals surface area contributed by atoms with Gasteiger partial charge in [-0.3, -0.25) is 14.4 Å². The molecule has 4 atom stereocenters. The first-order valence-electron chi connectivity index (χ1n) is 14.2. The molecule has 4 heterocycles. The summed E-state index contributed by atoms with van der Waals surface area (Å²) in [5.41, 5.74) is 2.32. The van der Waals surface area contributed by atoms with Crippen molar-refractivity contribution in [1.82, 2.24) is 0 Å². The first kappa shape index (κ1) is 26.7. The number of ketones is 2. The Morgan fingerprint density at radius 2 is 1.68 bits per heavy atom. The van der Waals surface area contributed by atoms with Gasteiger partial charge in [-0.25, -0.2) is 0 Å². The highest BCUT2D eigenvalue weighted by atomic mass is 79.9. The van der Waals surface area contributed by atoms with Gasteiger partial charge in [0.15, 0.2) is 23.1 Å². The molecule has 0 bridgehead atoms. The molecule has 218 valence electrons. The van der Waals surface area contributed by atoms with Crippen molar-refractivity contribution in [2.24, 2.45) is 5.92 Å². The second kappa shape index (κ2) is 9.82. The summed E-state index contributed by atoms with van der Waals surface area (Å²) in [6.07, 6.45) is 3.94. The monoisotopic (exact) mass is 648 g/mol. The summed E-state index contributed by atoms with van der Waals surface area (Å²) >= 11 is 3.52. The van der Waals surface area contributed by atoms with Crippen molar-refractivity contribution in [3.05, 3.63) is 118 Å². The SMILES string of the molecule is COc1ccc(C(=O)[C@@H]2[C@H](C(=O)c3ccc4c(c3)OCO4)[C@]3(C(=O)Nc4ccccc43)[C@@H]3C=Cc4ccccc4N23)cc1Br. The van der Waals surface area contributed by atoms with Crippen molar-refractivity contribution in [2.75, 3.05) is 24.1 Å². The van der Waals surface area contributed by atoms with Gasteiger partial charge < -0.3 is 24.4 Å². The van der Waals surface area contributed by atoms with Crippen molar-refractivity contribution in [2.45, 2.75) is 17.5 Å². The largest absolute Gasteiger partial charge is 0.496 e. The molecule has 1 fully saturated rings. The number of Topliss-reactive ketones (excluding diaryl/α,β-unsaturated/α-hetero) is 2. The predicted molar refractivity (Wildman–Crippen MR) is 168 cm³/mol. The molecule has 8 nitrogen and oxygen atoms in total. The molecule has 9 heteroatoms. The van der Waals surface area contributed by atoms with E-state index in [4.69, 9.17) is 14.2 Å². The number of ether oxygens (including phenoxy) is 3.